The highest BCUT2D eigenvalue weighted by Crippen LogP contribution is 2.09. The molecular weight excluding hydrogens is 172 g/mol. The predicted molar refractivity (Wildman–Crippen MR) is 53.5 cm³/mol. The van der Waals surface area contributed by atoms with Crippen molar-refractivity contribution in [3.05, 3.63) is 0 Å². The van der Waals surface area contributed by atoms with Crippen molar-refractivity contribution in [3.8, 4) is 0 Å². The summed E-state index contributed by atoms with van der Waals surface area (Å²) >= 11 is 1.75. The standard InChI is InChI=1S/C9H18O2S/c1-9(2,3)11-8(10)6-5-7-12-4/h5-7H2,1-4H3. The molecule has 0 saturated carbocycles. The van der Waals surface area contributed by atoms with Gasteiger partial charge in [-0.15, -0.1) is 0 Å². The van der Waals surface area contributed by atoms with Gasteiger partial charge in [-0.05, 0) is 39.2 Å². The number of hydrogen-bond donors (Lipinski definition) is 0. The highest BCUT2D eigenvalue weighted by atomic mass is 32.2. The molecule has 0 bridgehead atoms. The van der Waals surface area contributed by atoms with Gasteiger partial charge < -0.3 is 4.74 Å². The number of hydrogen-bond acceptors (Lipinski definition) is 3. The molecule has 0 heterocycles. The third-order valence-corrected chi connectivity index (χ3v) is 1.85. The maximum absolute atomic E-state index is 11.1. The second-order valence-electron chi connectivity index (χ2n) is 3.68. The van der Waals surface area contributed by atoms with E-state index in [2.05, 4.69) is 0 Å². The minimum atomic E-state index is -0.337. The van der Waals surface area contributed by atoms with Crippen LogP contribution in [0.1, 0.15) is 33.6 Å². The molecule has 0 rings (SSSR count). The molecule has 0 aliphatic carbocycles. The molecule has 0 unspecified atom stereocenters. The van der Waals surface area contributed by atoms with Crippen LogP contribution in [0.4, 0.5) is 0 Å². The zero-order chi connectivity index (χ0) is 9.61. The van der Waals surface area contributed by atoms with E-state index in [0.29, 0.717) is 6.42 Å². The zero-order valence-corrected chi connectivity index (χ0v) is 9.16. The van der Waals surface area contributed by atoms with Crippen LogP contribution < -0.4 is 0 Å². The van der Waals surface area contributed by atoms with Crippen LogP contribution in [0.5, 0.6) is 0 Å². The lowest BCUT2D eigenvalue weighted by atomic mass is 10.2. The van der Waals surface area contributed by atoms with Crippen molar-refractivity contribution < 1.29 is 9.53 Å². The molecular formula is C9H18O2S. The number of ether oxygens (including phenoxy) is 1. The van der Waals surface area contributed by atoms with Crippen LogP contribution >= 0.6 is 11.8 Å². The van der Waals surface area contributed by atoms with Crippen molar-refractivity contribution in [1.29, 1.82) is 0 Å². The van der Waals surface area contributed by atoms with Crippen molar-refractivity contribution in [2.45, 2.75) is 39.2 Å². The van der Waals surface area contributed by atoms with Gasteiger partial charge >= 0.3 is 5.97 Å². The highest BCUT2D eigenvalue weighted by Gasteiger charge is 2.15. The summed E-state index contributed by atoms with van der Waals surface area (Å²) in [6, 6.07) is 0. The first kappa shape index (κ1) is 11.8. The lowest BCUT2D eigenvalue weighted by Gasteiger charge is -2.19. The molecule has 0 fully saturated rings. The molecule has 0 atom stereocenters. The Morgan fingerprint density at radius 3 is 2.42 bits per heavy atom. The zero-order valence-electron chi connectivity index (χ0n) is 8.35. The maximum Gasteiger partial charge on any atom is 0.306 e. The molecule has 0 spiro atoms. The number of thioether (sulfide) groups is 1. The molecule has 0 amide bonds. The van der Waals surface area contributed by atoms with E-state index in [1.807, 2.05) is 27.0 Å². The topological polar surface area (TPSA) is 26.3 Å². The van der Waals surface area contributed by atoms with Gasteiger partial charge in [-0.3, -0.25) is 4.79 Å². The minimum absolute atomic E-state index is 0.0865. The van der Waals surface area contributed by atoms with Crippen LogP contribution in [-0.2, 0) is 9.53 Å². The summed E-state index contributed by atoms with van der Waals surface area (Å²) in [5.41, 5.74) is -0.337. The number of carbonyl (C=O) groups is 1. The first-order valence-corrected chi connectivity index (χ1v) is 5.56. The Hall–Kier alpha value is -0.180. The average molecular weight is 190 g/mol. The normalized spacial score (nSPS) is 11.3. The lowest BCUT2D eigenvalue weighted by molar-refractivity contribution is -0.154. The van der Waals surface area contributed by atoms with Crippen molar-refractivity contribution in [2.24, 2.45) is 0 Å². The second kappa shape index (κ2) is 5.46. The molecule has 0 saturated heterocycles. The maximum atomic E-state index is 11.1. The summed E-state index contributed by atoms with van der Waals surface area (Å²) in [6.45, 7) is 5.67. The Morgan fingerprint density at radius 1 is 1.42 bits per heavy atom. The monoisotopic (exact) mass is 190 g/mol. The van der Waals surface area contributed by atoms with E-state index in [0.717, 1.165) is 12.2 Å². The SMILES string of the molecule is CSCCCC(=O)OC(C)(C)C. The first-order chi connectivity index (χ1) is 5.45. The largest absolute Gasteiger partial charge is 0.460 e. The van der Waals surface area contributed by atoms with Crippen LogP contribution in [0.2, 0.25) is 0 Å². The molecule has 0 radical (unpaired) electrons. The summed E-state index contributed by atoms with van der Waals surface area (Å²) in [7, 11) is 0. The molecule has 2 nitrogen and oxygen atoms in total. The van der Waals surface area contributed by atoms with Crippen LogP contribution in [0.15, 0.2) is 0 Å². The Morgan fingerprint density at radius 2 is 2.00 bits per heavy atom. The molecule has 0 aromatic heterocycles. The van der Waals surface area contributed by atoms with Crippen LogP contribution in [-0.4, -0.2) is 23.6 Å². The van der Waals surface area contributed by atoms with E-state index in [4.69, 9.17) is 4.74 Å². The van der Waals surface area contributed by atoms with Crippen molar-refractivity contribution >= 4 is 17.7 Å². The molecule has 0 aromatic carbocycles. The molecule has 12 heavy (non-hydrogen) atoms. The minimum Gasteiger partial charge on any atom is -0.460 e. The van der Waals surface area contributed by atoms with E-state index < -0.39 is 0 Å². The number of carbonyl (C=O) groups excluding carboxylic acids is 1. The predicted octanol–water partition coefficient (Wildman–Crippen LogP) is 2.47. The van der Waals surface area contributed by atoms with Gasteiger partial charge in [0, 0.05) is 6.42 Å². The van der Waals surface area contributed by atoms with Gasteiger partial charge in [0.2, 0.25) is 0 Å². The van der Waals surface area contributed by atoms with Crippen LogP contribution in [0, 0.1) is 0 Å². The summed E-state index contributed by atoms with van der Waals surface area (Å²) < 4.78 is 5.14. The van der Waals surface area contributed by atoms with Gasteiger partial charge in [0.15, 0.2) is 0 Å². The summed E-state index contributed by atoms with van der Waals surface area (Å²) in [5.74, 6) is 0.940. The van der Waals surface area contributed by atoms with Gasteiger partial charge in [-0.2, -0.15) is 11.8 Å². The van der Waals surface area contributed by atoms with E-state index in [1.165, 1.54) is 0 Å². The smallest absolute Gasteiger partial charge is 0.306 e. The van der Waals surface area contributed by atoms with E-state index >= 15 is 0 Å². The Labute approximate surface area is 79.1 Å². The van der Waals surface area contributed by atoms with Gasteiger partial charge in [0.05, 0.1) is 0 Å². The fraction of sp³-hybridized carbons (Fsp3) is 0.889. The fourth-order valence-corrected chi connectivity index (χ4v) is 1.19. The molecule has 0 aromatic rings. The van der Waals surface area contributed by atoms with E-state index in [9.17, 15) is 4.79 Å². The summed E-state index contributed by atoms with van der Waals surface area (Å²) in [4.78, 5) is 11.1. The molecule has 0 aliphatic rings. The van der Waals surface area contributed by atoms with Crippen LogP contribution in [0.25, 0.3) is 0 Å². The Balaban J connectivity index is 3.47. The average Bonchev–Trinajstić information content (AvgIpc) is 1.84. The fourth-order valence-electron chi connectivity index (χ4n) is 0.753. The molecule has 72 valence electrons. The lowest BCUT2D eigenvalue weighted by Crippen LogP contribution is -2.23. The van der Waals surface area contributed by atoms with E-state index in [1.54, 1.807) is 11.8 Å². The van der Waals surface area contributed by atoms with Gasteiger partial charge in [-0.1, -0.05) is 0 Å². The summed E-state index contributed by atoms with van der Waals surface area (Å²) in [5, 5.41) is 0. The highest BCUT2D eigenvalue weighted by molar-refractivity contribution is 7.98. The van der Waals surface area contributed by atoms with Crippen molar-refractivity contribution in [3.63, 3.8) is 0 Å². The Bertz CT molecular complexity index is 138. The molecule has 3 heteroatoms. The molecule has 0 aliphatic heterocycles. The first-order valence-electron chi connectivity index (χ1n) is 4.16. The van der Waals surface area contributed by atoms with Gasteiger partial charge in [0.1, 0.15) is 5.60 Å². The second-order valence-corrected chi connectivity index (χ2v) is 4.67. The number of rotatable bonds is 4. The van der Waals surface area contributed by atoms with Gasteiger partial charge in [0.25, 0.3) is 0 Å². The quantitative estimate of drug-likeness (QED) is 0.503. The number of esters is 1. The molecule has 0 N–H and O–H groups in total. The Kier molecular flexibility index (Phi) is 5.38. The van der Waals surface area contributed by atoms with Crippen molar-refractivity contribution in [1.82, 2.24) is 0 Å². The van der Waals surface area contributed by atoms with Crippen molar-refractivity contribution in [2.75, 3.05) is 12.0 Å². The third kappa shape index (κ3) is 7.92. The van der Waals surface area contributed by atoms with Crippen LogP contribution in [0.3, 0.4) is 0 Å². The van der Waals surface area contributed by atoms with E-state index in [-0.39, 0.29) is 11.6 Å². The van der Waals surface area contributed by atoms with Gasteiger partial charge in [-0.25, -0.2) is 0 Å². The summed E-state index contributed by atoms with van der Waals surface area (Å²) in [6.07, 6.45) is 3.49. The third-order valence-electron chi connectivity index (χ3n) is 1.15.